The Morgan fingerprint density at radius 1 is 0.864 bits per heavy atom. The molecule has 0 fully saturated rings. The van der Waals surface area contributed by atoms with Gasteiger partial charge in [-0.05, 0) is 21.6 Å². The highest BCUT2D eigenvalue weighted by molar-refractivity contribution is 8.70. The highest BCUT2D eigenvalue weighted by atomic mass is 33.2. The minimum Gasteiger partial charge on any atom is -0.307 e. The fourth-order valence-electron chi connectivity index (χ4n) is 0.938. The Morgan fingerprint density at radius 3 is 1.32 bits per heavy atom. The van der Waals surface area contributed by atoms with Gasteiger partial charge in [-0.25, -0.2) is 0 Å². The molecule has 0 rings (SSSR count). The van der Waals surface area contributed by atoms with Crippen molar-refractivity contribution in [3.8, 4) is 0 Å². The van der Waals surface area contributed by atoms with Crippen LogP contribution in [0.2, 0.25) is 0 Å². The van der Waals surface area contributed by atoms with Crippen molar-refractivity contribution in [3.05, 3.63) is 20.2 Å². The van der Waals surface area contributed by atoms with Gasteiger partial charge >= 0.3 is 18.3 Å². The van der Waals surface area contributed by atoms with Gasteiger partial charge in [-0.15, -0.1) is 20.2 Å². The molecular formula is C4H8N2O12S4. The molecule has 0 aromatic carbocycles. The Bertz CT molecular complexity index is 545. The molecule has 0 aliphatic rings. The molecule has 0 amide bonds. The molecule has 14 nitrogen and oxygen atoms in total. The third-order valence-electron chi connectivity index (χ3n) is 1.62. The van der Waals surface area contributed by atoms with E-state index >= 15 is 0 Å². The summed E-state index contributed by atoms with van der Waals surface area (Å²) in [5.41, 5.74) is 0. The molecule has 0 saturated heterocycles. The van der Waals surface area contributed by atoms with E-state index in [0.717, 1.165) is 0 Å². The Hall–Kier alpha value is -1.08. The summed E-state index contributed by atoms with van der Waals surface area (Å²) in [6.07, 6.45) is -3.83. The van der Waals surface area contributed by atoms with E-state index < -0.39 is 52.2 Å². The van der Waals surface area contributed by atoms with E-state index in [1.165, 1.54) is 0 Å². The highest BCUT2D eigenvalue weighted by Crippen LogP contribution is 2.21. The Kier molecular flexibility index (Phi) is 8.11. The molecule has 0 aromatic rings. The summed E-state index contributed by atoms with van der Waals surface area (Å²) in [5, 5.41) is 17.7. The van der Waals surface area contributed by atoms with Crippen LogP contribution in [0.5, 0.6) is 0 Å². The van der Waals surface area contributed by atoms with Gasteiger partial charge < -0.3 is 9.68 Å². The van der Waals surface area contributed by atoms with Crippen molar-refractivity contribution in [1.82, 2.24) is 0 Å². The predicted octanol–water partition coefficient (Wildman–Crippen LogP) is -0.788. The van der Waals surface area contributed by atoms with Gasteiger partial charge in [-0.3, -0.25) is 9.11 Å². The largest absolute Gasteiger partial charge is 0.319 e. The van der Waals surface area contributed by atoms with Gasteiger partial charge in [-0.1, -0.05) is 0 Å². The summed E-state index contributed by atoms with van der Waals surface area (Å²) in [6.45, 7) is 0. The van der Waals surface area contributed by atoms with E-state index in [-0.39, 0.29) is 21.6 Å². The second kappa shape index (κ2) is 8.53. The van der Waals surface area contributed by atoms with E-state index in [0.29, 0.717) is 0 Å². The van der Waals surface area contributed by atoms with Gasteiger partial charge in [0.1, 0.15) is 12.2 Å². The van der Waals surface area contributed by atoms with Crippen LogP contribution in [0.15, 0.2) is 0 Å². The molecule has 0 radical (unpaired) electrons. The summed E-state index contributed by atoms with van der Waals surface area (Å²) in [7, 11) is -9.80. The van der Waals surface area contributed by atoms with Crippen LogP contribution in [-0.4, -0.2) is 59.8 Å². The lowest BCUT2D eigenvalue weighted by Gasteiger charge is -2.21. The zero-order valence-corrected chi connectivity index (χ0v) is 13.3. The van der Waals surface area contributed by atoms with Gasteiger partial charge in [0, 0.05) is 11.5 Å². The number of hydrogen-bond donors (Lipinski definition) is 2. The van der Waals surface area contributed by atoms with E-state index in [1.807, 2.05) is 0 Å². The lowest BCUT2D eigenvalue weighted by Crippen LogP contribution is -2.39. The van der Waals surface area contributed by atoms with Crippen molar-refractivity contribution in [2.75, 3.05) is 11.5 Å². The second-order valence-electron chi connectivity index (χ2n) is 3.16. The maximum atomic E-state index is 10.6. The zero-order valence-electron chi connectivity index (χ0n) is 10.1. The molecule has 0 saturated carbocycles. The maximum absolute atomic E-state index is 10.6. The molecule has 0 spiro atoms. The standard InChI is InChI=1S/C4H8N2O12S4/c7-5(8)17-3(1-19-21(11,12)13)4(18-6(9)10)2-20-22(14,15)16/h3-4H,1-2H2,(H,11,12,13)(H,14,15,16). The monoisotopic (exact) mass is 404 g/mol. The summed E-state index contributed by atoms with van der Waals surface area (Å²) in [6, 6.07) is 0. The van der Waals surface area contributed by atoms with Gasteiger partial charge in [0.15, 0.2) is 0 Å². The average molecular weight is 404 g/mol. The minimum absolute atomic E-state index is 0.253. The first-order chi connectivity index (χ1) is 9.80. The Labute approximate surface area is 130 Å². The molecule has 22 heavy (non-hydrogen) atoms. The summed E-state index contributed by atoms with van der Waals surface area (Å²) in [5.74, 6) is -1.77. The maximum Gasteiger partial charge on any atom is 0.319 e. The minimum atomic E-state index is -4.65. The fraction of sp³-hybridized carbons (Fsp3) is 1.00. The van der Waals surface area contributed by atoms with Crippen LogP contribution in [0.4, 0.5) is 0 Å². The van der Waals surface area contributed by atoms with E-state index in [4.69, 9.17) is 9.11 Å². The molecule has 0 heterocycles. The molecule has 0 aliphatic heterocycles. The average Bonchev–Trinajstić information content (AvgIpc) is 2.27. The van der Waals surface area contributed by atoms with E-state index in [1.54, 1.807) is 0 Å². The molecule has 18 heteroatoms. The summed E-state index contributed by atoms with van der Waals surface area (Å²) >= 11 is 0. The first-order valence-electron chi connectivity index (χ1n) is 4.66. The fourth-order valence-corrected chi connectivity index (χ4v) is 3.94. The number of rotatable bonds is 11. The first kappa shape index (κ1) is 20.9. The highest BCUT2D eigenvalue weighted by Gasteiger charge is 2.32. The molecule has 130 valence electrons. The van der Waals surface area contributed by atoms with Gasteiger partial charge in [0.2, 0.25) is 0 Å². The van der Waals surface area contributed by atoms with Gasteiger partial charge in [0.25, 0.3) is 10.2 Å². The molecule has 0 bridgehead atoms. The van der Waals surface area contributed by atoms with Crippen LogP contribution in [0.3, 0.4) is 0 Å². The van der Waals surface area contributed by atoms with Crippen LogP contribution in [0, 0.1) is 20.2 Å². The number of hydrogen-bond acceptors (Lipinski definition) is 12. The smallest absolute Gasteiger partial charge is 0.307 e. The van der Waals surface area contributed by atoms with E-state index in [2.05, 4.69) is 9.68 Å². The normalized spacial score (nSPS) is 14.8. The summed E-state index contributed by atoms with van der Waals surface area (Å²) in [4.78, 5) is 28.5. The molecule has 2 N–H and O–H groups in total. The lowest BCUT2D eigenvalue weighted by atomic mass is 10.2. The zero-order chi connectivity index (χ0) is 17.6. The van der Waals surface area contributed by atoms with Crippen LogP contribution >= 0.6 is 21.6 Å². The molecule has 0 aliphatic carbocycles. The quantitative estimate of drug-likeness (QED) is 0.187. The van der Waals surface area contributed by atoms with Crippen molar-refractivity contribution < 1.29 is 45.8 Å². The van der Waals surface area contributed by atoms with Crippen molar-refractivity contribution in [3.63, 3.8) is 0 Å². The lowest BCUT2D eigenvalue weighted by molar-refractivity contribution is -0.796. The van der Waals surface area contributed by atoms with Crippen molar-refractivity contribution >= 4 is 39.9 Å². The topological polar surface area (TPSA) is 213 Å². The Morgan fingerprint density at radius 2 is 1.14 bits per heavy atom. The van der Waals surface area contributed by atoms with Crippen LogP contribution in [0.25, 0.3) is 0 Å². The van der Waals surface area contributed by atoms with Gasteiger partial charge in [-0.2, -0.15) is 16.8 Å². The van der Waals surface area contributed by atoms with Crippen molar-refractivity contribution in [2.45, 2.75) is 12.2 Å². The Balaban J connectivity index is 5.14. The third-order valence-corrected chi connectivity index (χ3v) is 5.75. The van der Waals surface area contributed by atoms with E-state index in [9.17, 15) is 37.1 Å². The first-order valence-corrected chi connectivity index (χ1v) is 10.5. The second-order valence-corrected chi connectivity index (χ2v) is 9.95. The number of nitrogens with zero attached hydrogens (tertiary/aromatic N) is 2. The van der Waals surface area contributed by atoms with Crippen LogP contribution in [-0.2, 0) is 28.0 Å². The van der Waals surface area contributed by atoms with Crippen molar-refractivity contribution in [2.24, 2.45) is 0 Å². The molecule has 2 atom stereocenters. The van der Waals surface area contributed by atoms with Crippen molar-refractivity contribution in [1.29, 1.82) is 0 Å². The SMILES string of the molecule is O=[N+]([O-])OC(CSS(=O)(=O)O)C(CSS(=O)(=O)O)O[N+](=O)[O-]. The van der Waals surface area contributed by atoms with Crippen LogP contribution in [0.1, 0.15) is 0 Å². The third kappa shape index (κ3) is 11.6. The predicted molar refractivity (Wildman–Crippen MR) is 71.7 cm³/mol. The summed E-state index contributed by atoms with van der Waals surface area (Å²) < 4.78 is 59.3. The van der Waals surface area contributed by atoms with Gasteiger partial charge in [0.05, 0.1) is 0 Å². The molecular weight excluding hydrogens is 396 g/mol. The molecule has 2 unspecified atom stereocenters. The van der Waals surface area contributed by atoms with Crippen LogP contribution < -0.4 is 0 Å². The molecule has 0 aromatic heterocycles.